The molecular formula is C17H26F9O4S2+. The van der Waals surface area contributed by atoms with Crippen molar-refractivity contribution in [1.29, 1.82) is 0 Å². The summed E-state index contributed by atoms with van der Waals surface area (Å²) < 4.78 is 145. The smallest absolute Gasteiger partial charge is 0.294 e. The second-order valence-corrected chi connectivity index (χ2v) is 11.7. The highest BCUT2D eigenvalue weighted by atomic mass is 32.3. The highest BCUT2D eigenvalue weighted by molar-refractivity contribution is 8.03. The van der Waals surface area contributed by atoms with Crippen LogP contribution >= 0.6 is 0 Å². The third kappa shape index (κ3) is 7.67. The van der Waals surface area contributed by atoms with Gasteiger partial charge in [0, 0.05) is 11.8 Å². The van der Waals surface area contributed by atoms with Crippen LogP contribution in [0.15, 0.2) is 0 Å². The van der Waals surface area contributed by atoms with Crippen molar-refractivity contribution in [2.24, 2.45) is 5.41 Å². The monoisotopic (exact) mass is 529 g/mol. The lowest BCUT2D eigenvalue weighted by atomic mass is 10.0. The molecule has 0 spiro atoms. The lowest BCUT2D eigenvalue weighted by Gasteiger charge is -2.32. The van der Waals surface area contributed by atoms with Gasteiger partial charge >= 0.3 is 33.4 Å². The molecule has 0 N–H and O–H groups in total. The molecule has 0 radical (unpaired) electrons. The maximum absolute atomic E-state index is 13.9. The first-order valence-electron chi connectivity index (χ1n) is 9.37. The van der Waals surface area contributed by atoms with E-state index in [1.165, 1.54) is 20.8 Å². The van der Waals surface area contributed by atoms with Crippen molar-refractivity contribution in [3.8, 4) is 0 Å². The van der Waals surface area contributed by atoms with E-state index in [0.717, 1.165) is 12.8 Å². The van der Waals surface area contributed by atoms with Gasteiger partial charge in [0.05, 0.1) is 0 Å². The first-order chi connectivity index (χ1) is 14.0. The van der Waals surface area contributed by atoms with E-state index < -0.39 is 67.3 Å². The molecule has 0 bridgehead atoms. The van der Waals surface area contributed by atoms with E-state index in [1.807, 2.05) is 6.92 Å². The molecule has 0 saturated heterocycles. The summed E-state index contributed by atoms with van der Waals surface area (Å²) in [5.41, 5.74) is -0.894. The molecule has 192 valence electrons. The first-order valence-corrected chi connectivity index (χ1v) is 12.3. The minimum absolute atomic E-state index is 0.101. The SMILES string of the molecule is CCCCCCC(=O)C[S+](CC(C)(C)C)OS(=O)(=O)C(F)(F)C(F)(F)C(F)(F)C(F)(F)F. The van der Waals surface area contributed by atoms with E-state index in [0.29, 0.717) is 12.8 Å². The largest absolute Gasteiger partial charge is 0.460 e. The number of halogens is 9. The van der Waals surface area contributed by atoms with Crippen molar-refractivity contribution in [3.05, 3.63) is 0 Å². The molecule has 1 unspecified atom stereocenters. The Morgan fingerprint density at radius 2 is 1.34 bits per heavy atom. The Balaban J connectivity index is 5.84. The number of unbranched alkanes of at least 4 members (excludes halogenated alkanes) is 3. The van der Waals surface area contributed by atoms with Gasteiger partial charge in [0.1, 0.15) is 5.75 Å². The van der Waals surface area contributed by atoms with Gasteiger partial charge in [-0.1, -0.05) is 47.0 Å². The zero-order valence-electron chi connectivity index (χ0n) is 17.8. The quantitative estimate of drug-likeness (QED) is 0.170. The van der Waals surface area contributed by atoms with Crippen LogP contribution in [0.2, 0.25) is 0 Å². The molecule has 0 rings (SSSR count). The van der Waals surface area contributed by atoms with Crippen LogP contribution < -0.4 is 0 Å². The van der Waals surface area contributed by atoms with Crippen molar-refractivity contribution in [3.63, 3.8) is 0 Å². The third-order valence-electron chi connectivity index (χ3n) is 3.84. The van der Waals surface area contributed by atoms with E-state index in [-0.39, 0.29) is 6.42 Å². The van der Waals surface area contributed by atoms with E-state index in [2.05, 4.69) is 3.63 Å². The molecule has 0 aliphatic carbocycles. The number of rotatable bonds is 13. The molecule has 0 aliphatic rings. The molecule has 0 fully saturated rings. The van der Waals surface area contributed by atoms with E-state index in [9.17, 15) is 52.7 Å². The summed E-state index contributed by atoms with van der Waals surface area (Å²) in [7, 11) is -7.01. The number of hydrogen-bond donors (Lipinski definition) is 0. The highest BCUT2D eigenvalue weighted by Gasteiger charge is 2.86. The van der Waals surface area contributed by atoms with Gasteiger partial charge in [0.25, 0.3) is 0 Å². The Bertz CT molecular complexity index is 729. The average Bonchev–Trinajstić information content (AvgIpc) is 2.55. The lowest BCUT2D eigenvalue weighted by molar-refractivity contribution is -0.382. The van der Waals surface area contributed by atoms with Crippen LogP contribution in [-0.4, -0.2) is 49.0 Å². The predicted molar refractivity (Wildman–Crippen MR) is 101 cm³/mol. The number of ketones is 1. The zero-order valence-corrected chi connectivity index (χ0v) is 19.4. The van der Waals surface area contributed by atoms with Crippen LogP contribution in [-0.2, 0) is 29.7 Å². The molecule has 0 amide bonds. The summed E-state index contributed by atoms with van der Waals surface area (Å²) in [6.45, 7) is 6.26. The molecule has 32 heavy (non-hydrogen) atoms. The molecule has 0 saturated carbocycles. The standard InChI is InChI=1S/C17H26F9O4S2/c1-5-6-7-8-9-12(27)10-31(11-13(2,3)4)30-32(28,29)17(25,26)15(20,21)14(18,19)16(22,23)24/h5-11H2,1-4H3/q+1. The number of alkyl halides is 9. The Morgan fingerprint density at radius 1 is 0.844 bits per heavy atom. The summed E-state index contributed by atoms with van der Waals surface area (Å²) >= 11 is -2.31. The Kier molecular flexibility index (Phi) is 10.5. The van der Waals surface area contributed by atoms with E-state index in [4.69, 9.17) is 0 Å². The maximum atomic E-state index is 13.9. The van der Waals surface area contributed by atoms with Crippen LogP contribution in [0.3, 0.4) is 0 Å². The molecule has 0 aromatic rings. The van der Waals surface area contributed by atoms with Gasteiger partial charge in [-0.2, -0.15) is 47.9 Å². The fraction of sp³-hybridized carbons (Fsp3) is 0.941. The molecule has 15 heteroatoms. The molecule has 0 heterocycles. The first kappa shape index (κ1) is 31.3. The molecule has 0 aromatic heterocycles. The van der Waals surface area contributed by atoms with Gasteiger partial charge in [-0.15, -0.1) is 0 Å². The second-order valence-electron chi connectivity index (χ2n) is 8.32. The number of carbonyl (C=O) groups is 1. The number of hydrogen-bond acceptors (Lipinski definition) is 4. The van der Waals surface area contributed by atoms with Gasteiger partial charge in [0.15, 0.2) is 17.0 Å². The van der Waals surface area contributed by atoms with Crippen LogP contribution in [0.4, 0.5) is 39.5 Å². The molecule has 4 nitrogen and oxygen atoms in total. The Morgan fingerprint density at radius 3 is 1.75 bits per heavy atom. The minimum Gasteiger partial charge on any atom is -0.294 e. The predicted octanol–water partition coefficient (Wildman–Crippen LogP) is 5.88. The van der Waals surface area contributed by atoms with Crippen molar-refractivity contribution in [2.75, 3.05) is 11.5 Å². The number of Topliss-reactive ketones (excluding diaryl/α,β-unsaturated/α-hetero) is 1. The lowest BCUT2D eigenvalue weighted by Crippen LogP contribution is -2.63. The molecule has 0 aliphatic heterocycles. The minimum atomic E-state index is -7.38. The van der Waals surface area contributed by atoms with Crippen LogP contribution in [0, 0.1) is 5.41 Å². The maximum Gasteiger partial charge on any atom is 0.460 e. The molecule has 0 aromatic carbocycles. The van der Waals surface area contributed by atoms with Gasteiger partial charge in [-0.05, 0) is 10.1 Å². The van der Waals surface area contributed by atoms with E-state index >= 15 is 0 Å². The molecular weight excluding hydrogens is 503 g/mol. The zero-order chi connectivity index (χ0) is 25.8. The Hall–Kier alpha value is -0.700. The summed E-state index contributed by atoms with van der Waals surface area (Å²) in [6, 6.07) is 0. The van der Waals surface area contributed by atoms with Crippen LogP contribution in [0.1, 0.15) is 59.8 Å². The summed E-state index contributed by atoms with van der Waals surface area (Å²) in [5.74, 6) is -16.7. The highest BCUT2D eigenvalue weighted by Crippen LogP contribution is 2.55. The second kappa shape index (κ2) is 10.7. The number of carbonyl (C=O) groups excluding carboxylic acids is 1. The third-order valence-corrected chi connectivity index (χ3v) is 8.04. The fourth-order valence-corrected chi connectivity index (χ4v) is 6.02. The van der Waals surface area contributed by atoms with Crippen LogP contribution in [0.5, 0.6) is 0 Å². The van der Waals surface area contributed by atoms with Crippen molar-refractivity contribution >= 4 is 27.1 Å². The van der Waals surface area contributed by atoms with Crippen molar-refractivity contribution < 1.29 is 56.4 Å². The van der Waals surface area contributed by atoms with E-state index in [1.54, 1.807) is 0 Å². The topological polar surface area (TPSA) is 60.4 Å². The Labute approximate surface area is 183 Å². The van der Waals surface area contributed by atoms with Gasteiger partial charge in [-0.25, -0.2) is 0 Å². The van der Waals surface area contributed by atoms with Crippen molar-refractivity contribution in [2.45, 2.75) is 83.1 Å². The molecule has 1 atom stereocenters. The summed E-state index contributed by atoms with van der Waals surface area (Å²) in [5, 5.41) is -6.94. The van der Waals surface area contributed by atoms with Crippen molar-refractivity contribution in [1.82, 2.24) is 0 Å². The average molecular weight is 530 g/mol. The van der Waals surface area contributed by atoms with Gasteiger partial charge in [0.2, 0.25) is 5.75 Å². The van der Waals surface area contributed by atoms with Crippen LogP contribution in [0.25, 0.3) is 0 Å². The fourth-order valence-electron chi connectivity index (χ4n) is 2.27. The normalized spacial score (nSPS) is 15.7. The summed E-state index contributed by atoms with van der Waals surface area (Å²) in [6.07, 6.45) is -4.66. The summed E-state index contributed by atoms with van der Waals surface area (Å²) in [4.78, 5) is 12.1. The van der Waals surface area contributed by atoms with Gasteiger partial charge < -0.3 is 0 Å². The van der Waals surface area contributed by atoms with Gasteiger partial charge in [-0.3, -0.25) is 4.79 Å².